The minimum absolute atomic E-state index is 0.586. The predicted octanol–water partition coefficient (Wildman–Crippen LogP) is 2.58. The molecule has 0 aromatic heterocycles. The van der Waals surface area contributed by atoms with Crippen LogP contribution in [0.3, 0.4) is 0 Å². The zero-order chi connectivity index (χ0) is 6.27. The lowest BCUT2D eigenvalue weighted by atomic mass is 10.2. The van der Waals surface area contributed by atoms with Gasteiger partial charge in [0.2, 0.25) is 0 Å². The van der Waals surface area contributed by atoms with Gasteiger partial charge >= 0.3 is 0 Å². The Hall–Kier alpha value is -0.300. The minimum Gasteiger partial charge on any atom is -0.0835 e. The van der Waals surface area contributed by atoms with E-state index in [0.717, 1.165) is 6.42 Å². The highest BCUT2D eigenvalue weighted by molar-refractivity contribution is 9.09. The summed E-state index contributed by atoms with van der Waals surface area (Å²) < 4.78 is 0. The standard InChI is InChI=1S/C8H7Br/c9-8-5-4-6-2-1-3-7(6)8/h1-4,8H,5H2. The quantitative estimate of drug-likeness (QED) is 0.506. The number of halogens is 1. The molecule has 0 fully saturated rings. The van der Waals surface area contributed by atoms with Crippen LogP contribution in [0.5, 0.6) is 0 Å². The van der Waals surface area contributed by atoms with E-state index in [1.807, 2.05) is 0 Å². The van der Waals surface area contributed by atoms with Crippen molar-refractivity contribution in [3.05, 3.63) is 35.5 Å². The van der Waals surface area contributed by atoms with E-state index in [9.17, 15) is 0 Å². The molecule has 0 aromatic rings. The van der Waals surface area contributed by atoms with Crippen molar-refractivity contribution in [2.24, 2.45) is 0 Å². The molecule has 1 unspecified atom stereocenters. The second kappa shape index (κ2) is 1.84. The van der Waals surface area contributed by atoms with Gasteiger partial charge in [-0.3, -0.25) is 0 Å². The summed E-state index contributed by atoms with van der Waals surface area (Å²) in [7, 11) is 0. The van der Waals surface area contributed by atoms with Crippen LogP contribution in [0.15, 0.2) is 35.5 Å². The lowest BCUT2D eigenvalue weighted by molar-refractivity contribution is 1.11. The molecule has 2 rings (SSSR count). The molecule has 0 radical (unpaired) electrons. The first kappa shape index (κ1) is 5.48. The van der Waals surface area contributed by atoms with Gasteiger partial charge in [-0.1, -0.05) is 40.2 Å². The van der Waals surface area contributed by atoms with E-state index in [4.69, 9.17) is 0 Å². The topological polar surface area (TPSA) is 0 Å². The summed E-state index contributed by atoms with van der Waals surface area (Å²) >= 11 is 3.58. The SMILES string of the molecule is BrC1CC=C2C=CC=C21. The molecule has 1 heteroatoms. The Morgan fingerprint density at radius 1 is 1.56 bits per heavy atom. The first-order chi connectivity index (χ1) is 4.38. The molecule has 0 bridgehead atoms. The third-order valence-corrected chi connectivity index (χ3v) is 2.63. The summed E-state index contributed by atoms with van der Waals surface area (Å²) in [6.45, 7) is 0. The fourth-order valence-corrected chi connectivity index (χ4v) is 1.88. The van der Waals surface area contributed by atoms with Crippen LogP contribution in [0.4, 0.5) is 0 Å². The van der Waals surface area contributed by atoms with E-state index in [0.29, 0.717) is 4.83 Å². The van der Waals surface area contributed by atoms with Crippen molar-refractivity contribution in [1.29, 1.82) is 0 Å². The van der Waals surface area contributed by atoms with E-state index in [1.54, 1.807) is 0 Å². The number of rotatable bonds is 0. The van der Waals surface area contributed by atoms with Gasteiger partial charge in [0.25, 0.3) is 0 Å². The van der Waals surface area contributed by atoms with Gasteiger partial charge in [-0.2, -0.15) is 0 Å². The molecule has 0 spiro atoms. The molecule has 9 heavy (non-hydrogen) atoms. The highest BCUT2D eigenvalue weighted by atomic mass is 79.9. The van der Waals surface area contributed by atoms with Gasteiger partial charge in [0.05, 0.1) is 0 Å². The molecule has 0 saturated heterocycles. The summed E-state index contributed by atoms with van der Waals surface area (Å²) in [6, 6.07) is 0. The fourth-order valence-electron chi connectivity index (χ4n) is 1.28. The van der Waals surface area contributed by atoms with Crippen LogP contribution < -0.4 is 0 Å². The molecule has 46 valence electrons. The van der Waals surface area contributed by atoms with E-state index in [1.165, 1.54) is 11.1 Å². The van der Waals surface area contributed by atoms with Crippen molar-refractivity contribution in [2.45, 2.75) is 11.2 Å². The van der Waals surface area contributed by atoms with Crippen LogP contribution >= 0.6 is 15.9 Å². The van der Waals surface area contributed by atoms with Crippen LogP contribution in [0.2, 0.25) is 0 Å². The van der Waals surface area contributed by atoms with Gasteiger partial charge in [-0.25, -0.2) is 0 Å². The third-order valence-electron chi connectivity index (χ3n) is 1.77. The summed E-state index contributed by atoms with van der Waals surface area (Å²) in [5, 5.41) is 0. The second-order valence-electron chi connectivity index (χ2n) is 2.34. The zero-order valence-electron chi connectivity index (χ0n) is 4.97. The van der Waals surface area contributed by atoms with E-state index >= 15 is 0 Å². The molecule has 2 aliphatic carbocycles. The molecule has 1 atom stereocenters. The summed E-state index contributed by atoms with van der Waals surface area (Å²) in [5.41, 5.74) is 2.87. The van der Waals surface area contributed by atoms with Crippen LogP contribution in [-0.2, 0) is 0 Å². The smallest absolute Gasteiger partial charge is 0.0435 e. The molecule has 0 aliphatic heterocycles. The largest absolute Gasteiger partial charge is 0.0835 e. The van der Waals surface area contributed by atoms with E-state index in [-0.39, 0.29) is 0 Å². The Morgan fingerprint density at radius 2 is 2.44 bits per heavy atom. The summed E-state index contributed by atoms with van der Waals surface area (Å²) in [6.07, 6.45) is 9.88. The molecule has 0 saturated carbocycles. The molecule has 0 N–H and O–H groups in total. The molecular weight excluding hydrogens is 176 g/mol. The van der Waals surface area contributed by atoms with Gasteiger partial charge in [0.1, 0.15) is 0 Å². The first-order valence-corrected chi connectivity index (χ1v) is 4.02. The first-order valence-electron chi connectivity index (χ1n) is 3.11. The molecule has 0 nitrogen and oxygen atoms in total. The van der Waals surface area contributed by atoms with Crippen LogP contribution in [0.25, 0.3) is 0 Å². The number of hydrogen-bond donors (Lipinski definition) is 0. The lowest BCUT2D eigenvalue weighted by Crippen LogP contribution is -1.91. The minimum atomic E-state index is 0.586. The van der Waals surface area contributed by atoms with Gasteiger partial charge in [0.15, 0.2) is 0 Å². The van der Waals surface area contributed by atoms with Gasteiger partial charge in [-0.15, -0.1) is 0 Å². The maximum absolute atomic E-state index is 3.58. The van der Waals surface area contributed by atoms with Crippen molar-refractivity contribution < 1.29 is 0 Å². The summed E-state index contributed by atoms with van der Waals surface area (Å²) in [4.78, 5) is 0.586. The average molecular weight is 183 g/mol. The maximum atomic E-state index is 3.58. The zero-order valence-corrected chi connectivity index (χ0v) is 6.56. The van der Waals surface area contributed by atoms with Crippen LogP contribution in [0, 0.1) is 0 Å². The Kier molecular flexibility index (Phi) is 1.12. The number of hydrogen-bond acceptors (Lipinski definition) is 0. The number of allylic oxidation sites excluding steroid dienone is 6. The van der Waals surface area contributed by atoms with Crippen molar-refractivity contribution in [3.8, 4) is 0 Å². The maximum Gasteiger partial charge on any atom is 0.0435 e. The lowest BCUT2D eigenvalue weighted by Gasteiger charge is -1.99. The van der Waals surface area contributed by atoms with Gasteiger partial charge < -0.3 is 0 Å². The van der Waals surface area contributed by atoms with E-state index < -0.39 is 0 Å². The summed E-state index contributed by atoms with van der Waals surface area (Å²) in [5.74, 6) is 0. The van der Waals surface area contributed by atoms with Crippen molar-refractivity contribution in [1.82, 2.24) is 0 Å². The van der Waals surface area contributed by atoms with Crippen molar-refractivity contribution in [2.75, 3.05) is 0 Å². The fraction of sp³-hybridized carbons (Fsp3) is 0.250. The highest BCUT2D eigenvalue weighted by Crippen LogP contribution is 2.34. The highest BCUT2D eigenvalue weighted by Gasteiger charge is 2.19. The Labute approximate surface area is 63.1 Å². The third kappa shape index (κ3) is 0.715. The predicted molar refractivity (Wildman–Crippen MR) is 42.6 cm³/mol. The number of fused-ring (bicyclic) bond motifs is 1. The Bertz CT molecular complexity index is 221. The van der Waals surface area contributed by atoms with Gasteiger partial charge in [0, 0.05) is 4.83 Å². The second-order valence-corrected chi connectivity index (χ2v) is 3.45. The Balaban J connectivity index is 2.42. The molecular formula is C8H7Br. The van der Waals surface area contributed by atoms with Crippen LogP contribution in [-0.4, -0.2) is 4.83 Å². The molecule has 0 amide bonds. The average Bonchev–Trinajstić information content (AvgIpc) is 2.35. The van der Waals surface area contributed by atoms with Crippen LogP contribution in [0.1, 0.15) is 6.42 Å². The van der Waals surface area contributed by atoms with Gasteiger partial charge in [-0.05, 0) is 17.6 Å². The van der Waals surface area contributed by atoms with E-state index in [2.05, 4.69) is 40.2 Å². The number of alkyl halides is 1. The molecule has 0 aromatic carbocycles. The van der Waals surface area contributed by atoms with Crippen molar-refractivity contribution >= 4 is 15.9 Å². The normalized spacial score (nSPS) is 30.1. The Morgan fingerprint density at radius 3 is 3.22 bits per heavy atom. The monoisotopic (exact) mass is 182 g/mol. The molecule has 2 aliphatic rings. The van der Waals surface area contributed by atoms with Crippen molar-refractivity contribution in [3.63, 3.8) is 0 Å². The molecule has 0 heterocycles.